The second-order valence-electron chi connectivity index (χ2n) is 9.37. The summed E-state index contributed by atoms with van der Waals surface area (Å²) in [6, 6.07) is 14.3. The van der Waals surface area contributed by atoms with Crippen LogP contribution in [0.1, 0.15) is 37.0 Å². The number of halogens is 1. The van der Waals surface area contributed by atoms with Crippen molar-refractivity contribution >= 4 is 40.5 Å². The Hall–Kier alpha value is -4.22. The number of rotatable bonds is 6. The van der Waals surface area contributed by atoms with E-state index in [2.05, 4.69) is 0 Å². The van der Waals surface area contributed by atoms with Crippen molar-refractivity contribution in [2.24, 2.45) is 10.9 Å². The minimum absolute atomic E-state index is 0.0549. The largest absolute Gasteiger partial charge is 0.479 e. The first-order valence-electron chi connectivity index (χ1n) is 11.9. The molecule has 2 aromatic carbocycles. The Kier molecular flexibility index (Phi) is 5.92. The molecule has 2 bridgehead atoms. The van der Waals surface area contributed by atoms with Crippen LogP contribution >= 0.6 is 22.9 Å². The summed E-state index contributed by atoms with van der Waals surface area (Å²) in [6.07, 6.45) is 1.60. The summed E-state index contributed by atoms with van der Waals surface area (Å²) in [5.41, 5.74) is -0.930. The van der Waals surface area contributed by atoms with Gasteiger partial charge in [0.1, 0.15) is 35.6 Å². The maximum atomic E-state index is 13.6. The van der Waals surface area contributed by atoms with Crippen LogP contribution in [0.25, 0.3) is 6.08 Å². The second kappa shape index (κ2) is 9.21. The van der Waals surface area contributed by atoms with Crippen LogP contribution in [0.4, 0.5) is 5.69 Å². The molecule has 0 fully saturated rings. The molecule has 0 spiro atoms. The van der Waals surface area contributed by atoms with Crippen LogP contribution in [-0.2, 0) is 11.4 Å². The number of furan rings is 1. The van der Waals surface area contributed by atoms with Crippen molar-refractivity contribution in [3.63, 3.8) is 0 Å². The van der Waals surface area contributed by atoms with Crippen LogP contribution in [0.2, 0.25) is 5.02 Å². The van der Waals surface area contributed by atoms with Gasteiger partial charge in [0.2, 0.25) is 5.72 Å². The fraction of sp³-hybridized carbons (Fsp3) is 0.222. The average Bonchev–Trinajstić information content (AvgIpc) is 3.45. The minimum atomic E-state index is -1.14. The summed E-state index contributed by atoms with van der Waals surface area (Å²) < 4.78 is 19.5. The summed E-state index contributed by atoms with van der Waals surface area (Å²) in [5, 5.41) is 11.5. The summed E-state index contributed by atoms with van der Waals surface area (Å²) in [6.45, 7) is 3.19. The highest BCUT2D eigenvalue weighted by molar-refractivity contribution is 7.07. The van der Waals surface area contributed by atoms with Crippen molar-refractivity contribution < 1.29 is 23.6 Å². The van der Waals surface area contributed by atoms with Gasteiger partial charge in [-0.3, -0.25) is 24.3 Å². The maximum Gasteiger partial charge on any atom is 0.312 e. The van der Waals surface area contributed by atoms with E-state index in [0.29, 0.717) is 26.6 Å². The SMILES string of the molecule is CC(=O)C1C2c3ccccc3OC1(C)N=c1sc(=Cc3ccc(COc4ccc(Cl)cc4[N+](=O)[O-])o3)c(=O)n12. The van der Waals surface area contributed by atoms with Gasteiger partial charge in [-0.05, 0) is 44.2 Å². The predicted molar refractivity (Wildman–Crippen MR) is 142 cm³/mol. The molecule has 0 aliphatic carbocycles. The van der Waals surface area contributed by atoms with Gasteiger partial charge in [-0.25, -0.2) is 4.99 Å². The fourth-order valence-corrected chi connectivity index (χ4v) is 6.38. The topological polar surface area (TPSA) is 126 Å². The zero-order valence-electron chi connectivity index (χ0n) is 20.6. The maximum absolute atomic E-state index is 13.6. The van der Waals surface area contributed by atoms with Gasteiger partial charge < -0.3 is 13.9 Å². The normalized spacial score (nSPS) is 21.4. The quantitative estimate of drug-likeness (QED) is 0.255. The van der Waals surface area contributed by atoms with Gasteiger partial charge in [-0.1, -0.05) is 41.1 Å². The zero-order valence-corrected chi connectivity index (χ0v) is 22.2. The number of carbonyl (C=O) groups excluding carboxylic acids is 1. The molecule has 0 saturated heterocycles. The molecule has 4 heterocycles. The van der Waals surface area contributed by atoms with E-state index in [1.54, 1.807) is 29.7 Å². The Labute approximate surface area is 229 Å². The smallest absolute Gasteiger partial charge is 0.312 e. The number of ether oxygens (including phenoxy) is 2. The van der Waals surface area contributed by atoms with Crippen LogP contribution in [0.3, 0.4) is 0 Å². The lowest BCUT2D eigenvalue weighted by atomic mass is 9.79. The van der Waals surface area contributed by atoms with E-state index in [4.69, 9.17) is 30.5 Å². The van der Waals surface area contributed by atoms with Gasteiger partial charge in [0.15, 0.2) is 10.6 Å². The predicted octanol–water partition coefficient (Wildman–Crippen LogP) is 4.01. The molecule has 10 nitrogen and oxygen atoms in total. The summed E-state index contributed by atoms with van der Waals surface area (Å²) in [4.78, 5) is 42.3. The number of nitro benzene ring substituents is 1. The molecule has 0 saturated carbocycles. The zero-order chi connectivity index (χ0) is 27.5. The second-order valence-corrected chi connectivity index (χ2v) is 10.8. The van der Waals surface area contributed by atoms with Crippen molar-refractivity contribution in [3.05, 3.63) is 107 Å². The van der Waals surface area contributed by atoms with Crippen molar-refractivity contribution in [1.82, 2.24) is 4.57 Å². The first kappa shape index (κ1) is 25.1. The molecule has 198 valence electrons. The minimum Gasteiger partial charge on any atom is -0.479 e. The molecule has 6 rings (SSSR count). The van der Waals surface area contributed by atoms with Gasteiger partial charge in [0, 0.05) is 22.7 Å². The molecule has 0 N–H and O–H groups in total. The summed E-state index contributed by atoms with van der Waals surface area (Å²) >= 11 is 7.04. The fourth-order valence-electron chi connectivity index (χ4n) is 5.14. The number of para-hydroxylation sites is 1. The highest BCUT2D eigenvalue weighted by atomic mass is 35.5. The molecule has 3 atom stereocenters. The average molecular weight is 566 g/mol. The number of carbonyl (C=O) groups is 1. The Morgan fingerprint density at radius 3 is 2.85 bits per heavy atom. The molecule has 12 heteroatoms. The van der Waals surface area contributed by atoms with E-state index >= 15 is 0 Å². The van der Waals surface area contributed by atoms with Gasteiger partial charge in [0.05, 0.1) is 15.5 Å². The molecule has 2 aromatic heterocycles. The number of benzene rings is 2. The first-order valence-corrected chi connectivity index (χ1v) is 13.1. The van der Waals surface area contributed by atoms with E-state index < -0.39 is 22.6 Å². The molecule has 2 aliphatic rings. The number of hydrogen-bond donors (Lipinski definition) is 0. The standard InChI is InChI=1S/C27H20ClN3O7S/c1-14(32)23-24-18-5-3-4-6-20(18)38-27(23,2)29-26-30(24)25(33)22(39-26)12-16-8-9-17(37-16)13-36-21-10-7-15(28)11-19(21)31(34)35/h3-12,23-24H,13H2,1-2H3. The summed E-state index contributed by atoms with van der Waals surface area (Å²) in [7, 11) is 0. The molecule has 3 unspecified atom stereocenters. The molecular formula is C27H20ClN3O7S. The van der Waals surface area contributed by atoms with E-state index in [1.807, 2.05) is 24.3 Å². The third kappa shape index (κ3) is 4.23. The van der Waals surface area contributed by atoms with Crippen LogP contribution < -0.4 is 24.4 Å². The highest BCUT2D eigenvalue weighted by Crippen LogP contribution is 2.47. The van der Waals surface area contributed by atoms with Crippen LogP contribution in [0, 0.1) is 16.0 Å². The van der Waals surface area contributed by atoms with E-state index in [0.717, 1.165) is 5.56 Å². The number of Topliss-reactive ketones (excluding diaryl/α,β-unsaturated/α-hetero) is 1. The molecule has 4 aromatic rings. The first-order chi connectivity index (χ1) is 18.6. The third-order valence-corrected chi connectivity index (χ3v) is 7.98. The van der Waals surface area contributed by atoms with E-state index in [9.17, 15) is 19.7 Å². The Morgan fingerprint density at radius 2 is 2.08 bits per heavy atom. The lowest BCUT2D eigenvalue weighted by Gasteiger charge is -2.45. The number of hydrogen-bond acceptors (Lipinski definition) is 9. The van der Waals surface area contributed by atoms with Gasteiger partial charge in [-0.15, -0.1) is 0 Å². The lowest BCUT2D eigenvalue weighted by Crippen LogP contribution is -2.58. The van der Waals surface area contributed by atoms with Crippen molar-refractivity contribution in [2.45, 2.75) is 32.2 Å². The lowest BCUT2D eigenvalue weighted by molar-refractivity contribution is -0.385. The van der Waals surface area contributed by atoms with Crippen LogP contribution in [0.15, 0.2) is 68.8 Å². The van der Waals surface area contributed by atoms with Crippen molar-refractivity contribution in [2.75, 3.05) is 0 Å². The number of nitro groups is 1. The molecular weight excluding hydrogens is 546 g/mol. The number of aromatic nitrogens is 1. The number of fused-ring (bicyclic) bond motifs is 6. The molecule has 2 aliphatic heterocycles. The van der Waals surface area contributed by atoms with Crippen molar-refractivity contribution in [1.29, 1.82) is 0 Å². The van der Waals surface area contributed by atoms with Gasteiger partial charge in [-0.2, -0.15) is 0 Å². The number of nitrogens with zero attached hydrogens (tertiary/aromatic N) is 3. The monoisotopic (exact) mass is 565 g/mol. The van der Waals surface area contributed by atoms with Gasteiger partial charge in [0.25, 0.3) is 5.56 Å². The molecule has 0 radical (unpaired) electrons. The molecule has 0 amide bonds. The Balaban J connectivity index is 1.35. The Bertz CT molecular complexity index is 1840. The number of ketones is 1. The van der Waals surface area contributed by atoms with E-state index in [-0.39, 0.29) is 34.4 Å². The van der Waals surface area contributed by atoms with E-state index in [1.165, 1.54) is 36.5 Å². The van der Waals surface area contributed by atoms with Crippen LogP contribution in [-0.4, -0.2) is 21.0 Å². The third-order valence-electron chi connectivity index (χ3n) is 6.76. The number of thiazole rings is 1. The Morgan fingerprint density at radius 1 is 1.28 bits per heavy atom. The molecule has 39 heavy (non-hydrogen) atoms. The van der Waals surface area contributed by atoms with Gasteiger partial charge >= 0.3 is 5.69 Å². The highest BCUT2D eigenvalue weighted by Gasteiger charge is 2.53. The van der Waals surface area contributed by atoms with Crippen LogP contribution in [0.5, 0.6) is 11.5 Å². The summed E-state index contributed by atoms with van der Waals surface area (Å²) in [5.74, 6) is 0.663. The van der Waals surface area contributed by atoms with Crippen molar-refractivity contribution in [3.8, 4) is 11.5 Å².